The third kappa shape index (κ3) is 4.74. The Morgan fingerprint density at radius 3 is 2.81 bits per heavy atom. The van der Waals surface area contributed by atoms with Gasteiger partial charge in [-0.2, -0.15) is 5.10 Å². The van der Waals surface area contributed by atoms with Crippen LogP contribution in [0.5, 0.6) is 0 Å². The zero-order valence-corrected chi connectivity index (χ0v) is 19.4. The maximum absolute atomic E-state index is 12.9. The number of ether oxygens (including phenoxy) is 1. The molecule has 3 aromatic rings. The second-order valence-corrected chi connectivity index (χ2v) is 8.28. The van der Waals surface area contributed by atoms with E-state index in [1.165, 1.54) is 0 Å². The van der Waals surface area contributed by atoms with Gasteiger partial charge in [-0.15, -0.1) is 11.6 Å². The fraction of sp³-hybridized carbons (Fsp3) is 0.458. The van der Waals surface area contributed by atoms with Crippen molar-refractivity contribution in [3.8, 4) is 0 Å². The average molecular weight is 456 g/mol. The largest absolute Gasteiger partial charge is 0.381 e. The Kier molecular flexibility index (Phi) is 7.27. The van der Waals surface area contributed by atoms with E-state index in [0.717, 1.165) is 72.6 Å². The molecule has 8 heteroatoms. The summed E-state index contributed by atoms with van der Waals surface area (Å²) in [7, 11) is 0. The van der Waals surface area contributed by atoms with Crippen LogP contribution < -0.4 is 10.6 Å². The SMILES string of the molecule is CCc1nc2c(cnn2CC)c(NC2CCOCC2)c1CNC(=O)c1cccc(CCl)c1. The normalized spacial score (nSPS) is 14.6. The Morgan fingerprint density at radius 1 is 1.28 bits per heavy atom. The molecule has 0 atom stereocenters. The van der Waals surface area contributed by atoms with Crippen molar-refractivity contribution < 1.29 is 9.53 Å². The molecule has 1 amide bonds. The number of hydrogen-bond acceptors (Lipinski definition) is 5. The van der Waals surface area contributed by atoms with Gasteiger partial charge in [-0.25, -0.2) is 9.67 Å². The molecule has 2 N–H and O–H groups in total. The van der Waals surface area contributed by atoms with Crippen LogP contribution in [-0.2, 0) is 30.1 Å². The third-order valence-electron chi connectivity index (χ3n) is 5.95. The van der Waals surface area contributed by atoms with Gasteiger partial charge >= 0.3 is 0 Å². The van der Waals surface area contributed by atoms with Crippen LogP contribution in [-0.4, -0.2) is 39.9 Å². The van der Waals surface area contributed by atoms with E-state index < -0.39 is 0 Å². The summed E-state index contributed by atoms with van der Waals surface area (Å²) >= 11 is 5.93. The van der Waals surface area contributed by atoms with E-state index in [1.54, 1.807) is 6.07 Å². The first-order valence-corrected chi connectivity index (χ1v) is 11.8. The fourth-order valence-corrected chi connectivity index (χ4v) is 4.33. The van der Waals surface area contributed by atoms with E-state index >= 15 is 0 Å². The summed E-state index contributed by atoms with van der Waals surface area (Å²) in [4.78, 5) is 17.8. The van der Waals surface area contributed by atoms with Gasteiger partial charge in [0, 0.05) is 55.0 Å². The van der Waals surface area contributed by atoms with E-state index in [1.807, 2.05) is 29.1 Å². The molecule has 0 unspecified atom stereocenters. The van der Waals surface area contributed by atoms with Crippen LogP contribution in [0.1, 0.15) is 53.9 Å². The molecule has 7 nitrogen and oxygen atoms in total. The minimum Gasteiger partial charge on any atom is -0.381 e. The number of halogens is 1. The van der Waals surface area contributed by atoms with Crippen molar-refractivity contribution >= 4 is 34.2 Å². The minimum atomic E-state index is -0.125. The maximum atomic E-state index is 12.9. The molecule has 0 radical (unpaired) electrons. The number of rotatable bonds is 8. The Morgan fingerprint density at radius 2 is 2.09 bits per heavy atom. The number of carbonyl (C=O) groups is 1. The van der Waals surface area contributed by atoms with Crippen LogP contribution >= 0.6 is 11.6 Å². The highest BCUT2D eigenvalue weighted by Crippen LogP contribution is 2.31. The van der Waals surface area contributed by atoms with Crippen molar-refractivity contribution in [1.82, 2.24) is 20.1 Å². The van der Waals surface area contributed by atoms with Crippen LogP contribution in [0, 0.1) is 0 Å². The average Bonchev–Trinajstić information content (AvgIpc) is 3.26. The Hall–Kier alpha value is -2.64. The number of aryl methyl sites for hydroxylation is 2. The standard InChI is InChI=1S/C24H30ClN5O2/c1-3-21-19(14-26-24(31)17-7-5-6-16(12-17)13-25)22(28-18-8-10-32-11-9-18)20-15-27-30(4-2)23(20)29-21/h5-7,12,15,18H,3-4,8-11,13-14H2,1-2H3,(H,26,31)(H,28,29). The molecule has 1 saturated heterocycles. The van der Waals surface area contributed by atoms with Crippen LogP contribution in [0.25, 0.3) is 11.0 Å². The van der Waals surface area contributed by atoms with Crippen molar-refractivity contribution in [2.45, 2.75) is 58.1 Å². The molecule has 1 aromatic carbocycles. The van der Waals surface area contributed by atoms with Gasteiger partial charge in [-0.3, -0.25) is 4.79 Å². The van der Waals surface area contributed by atoms with Crippen LogP contribution in [0.15, 0.2) is 30.5 Å². The summed E-state index contributed by atoms with van der Waals surface area (Å²) < 4.78 is 7.45. The molecule has 0 aliphatic carbocycles. The topological polar surface area (TPSA) is 81.1 Å². The Bertz CT molecular complexity index is 1090. The minimum absolute atomic E-state index is 0.125. The molecule has 2 aromatic heterocycles. The van der Waals surface area contributed by atoms with Crippen molar-refractivity contribution in [3.63, 3.8) is 0 Å². The molecule has 32 heavy (non-hydrogen) atoms. The summed E-state index contributed by atoms with van der Waals surface area (Å²) in [6.45, 7) is 6.80. The highest BCUT2D eigenvalue weighted by Gasteiger charge is 2.22. The number of benzene rings is 1. The molecule has 1 aliphatic rings. The quantitative estimate of drug-likeness (QED) is 0.495. The number of anilines is 1. The Labute approximate surface area is 193 Å². The van der Waals surface area contributed by atoms with Crippen molar-refractivity contribution in [2.75, 3.05) is 18.5 Å². The lowest BCUT2D eigenvalue weighted by atomic mass is 10.0. The number of fused-ring (bicyclic) bond motifs is 1. The molecule has 0 spiro atoms. The van der Waals surface area contributed by atoms with Crippen LogP contribution in [0.2, 0.25) is 0 Å². The van der Waals surface area contributed by atoms with E-state index in [4.69, 9.17) is 21.3 Å². The number of aromatic nitrogens is 3. The number of carbonyl (C=O) groups excluding carboxylic acids is 1. The fourth-order valence-electron chi connectivity index (χ4n) is 4.17. The number of nitrogens with one attached hydrogen (secondary N) is 2. The smallest absolute Gasteiger partial charge is 0.251 e. The highest BCUT2D eigenvalue weighted by molar-refractivity contribution is 6.17. The van der Waals surface area contributed by atoms with E-state index in [2.05, 4.69) is 29.6 Å². The number of pyridine rings is 1. The first kappa shape index (κ1) is 22.6. The van der Waals surface area contributed by atoms with Gasteiger partial charge in [0.05, 0.1) is 17.3 Å². The molecule has 170 valence electrons. The second kappa shape index (κ2) is 10.3. The zero-order valence-electron chi connectivity index (χ0n) is 18.7. The summed E-state index contributed by atoms with van der Waals surface area (Å²) in [5.74, 6) is 0.253. The number of nitrogens with zero attached hydrogens (tertiary/aromatic N) is 3. The van der Waals surface area contributed by atoms with Crippen molar-refractivity contribution in [2.24, 2.45) is 0 Å². The van der Waals surface area contributed by atoms with Crippen molar-refractivity contribution in [3.05, 3.63) is 52.8 Å². The predicted octanol–water partition coefficient (Wildman–Crippen LogP) is 4.27. The van der Waals surface area contributed by atoms with Gasteiger partial charge in [0.2, 0.25) is 0 Å². The van der Waals surface area contributed by atoms with E-state index in [9.17, 15) is 4.79 Å². The molecule has 3 heterocycles. The summed E-state index contributed by atoms with van der Waals surface area (Å²) in [5, 5.41) is 12.4. The van der Waals surface area contributed by atoms with Crippen molar-refractivity contribution in [1.29, 1.82) is 0 Å². The van der Waals surface area contributed by atoms with Gasteiger partial charge in [0.15, 0.2) is 5.65 Å². The maximum Gasteiger partial charge on any atom is 0.251 e. The van der Waals surface area contributed by atoms with E-state index in [0.29, 0.717) is 24.0 Å². The summed E-state index contributed by atoms with van der Waals surface area (Å²) in [6, 6.07) is 7.73. The molecule has 4 rings (SSSR count). The number of alkyl halides is 1. The van der Waals surface area contributed by atoms with E-state index in [-0.39, 0.29) is 5.91 Å². The molecular weight excluding hydrogens is 426 g/mol. The highest BCUT2D eigenvalue weighted by atomic mass is 35.5. The predicted molar refractivity (Wildman–Crippen MR) is 127 cm³/mol. The molecule has 0 saturated carbocycles. The molecular formula is C24H30ClN5O2. The lowest BCUT2D eigenvalue weighted by Gasteiger charge is -2.26. The van der Waals surface area contributed by atoms with Gasteiger partial charge in [0.1, 0.15) is 0 Å². The Balaban J connectivity index is 1.67. The van der Waals surface area contributed by atoms with Crippen LogP contribution in [0.3, 0.4) is 0 Å². The molecule has 1 aliphatic heterocycles. The number of hydrogen-bond donors (Lipinski definition) is 2. The summed E-state index contributed by atoms with van der Waals surface area (Å²) in [6.07, 6.45) is 4.54. The van der Waals surface area contributed by atoms with Gasteiger partial charge < -0.3 is 15.4 Å². The molecule has 1 fully saturated rings. The lowest BCUT2D eigenvalue weighted by molar-refractivity contribution is 0.0904. The number of amides is 1. The third-order valence-corrected chi connectivity index (χ3v) is 6.25. The second-order valence-electron chi connectivity index (χ2n) is 8.01. The van der Waals surface area contributed by atoms with Gasteiger partial charge in [-0.1, -0.05) is 19.1 Å². The summed E-state index contributed by atoms with van der Waals surface area (Å²) in [5.41, 5.74) is 5.41. The zero-order chi connectivity index (χ0) is 22.5. The van der Waals surface area contributed by atoms with Gasteiger partial charge in [-0.05, 0) is 43.9 Å². The first-order valence-electron chi connectivity index (χ1n) is 11.3. The first-order chi connectivity index (χ1) is 15.6. The monoisotopic (exact) mass is 455 g/mol. The van der Waals surface area contributed by atoms with Crippen LogP contribution in [0.4, 0.5) is 5.69 Å². The molecule has 0 bridgehead atoms. The lowest BCUT2D eigenvalue weighted by Crippen LogP contribution is -2.30. The van der Waals surface area contributed by atoms with Gasteiger partial charge in [0.25, 0.3) is 5.91 Å².